The number of para-hydroxylation sites is 1. The molecule has 0 aliphatic carbocycles. The molecule has 0 saturated heterocycles. The lowest BCUT2D eigenvalue weighted by Gasteiger charge is -2.15. The Morgan fingerprint density at radius 2 is 1.48 bits per heavy atom. The molecular formula is C27H28N2O4. The molecule has 1 atom stereocenters. The Labute approximate surface area is 194 Å². The third-order valence-corrected chi connectivity index (χ3v) is 5.39. The Morgan fingerprint density at radius 1 is 0.848 bits per heavy atom. The first-order chi connectivity index (χ1) is 16.0. The van der Waals surface area contributed by atoms with Crippen molar-refractivity contribution in [1.29, 1.82) is 0 Å². The third-order valence-electron chi connectivity index (χ3n) is 5.39. The van der Waals surface area contributed by atoms with Crippen LogP contribution in [-0.4, -0.2) is 30.9 Å². The first kappa shape index (κ1) is 23.7. The van der Waals surface area contributed by atoms with Crippen LogP contribution in [0, 0.1) is 0 Å². The molecular weight excluding hydrogens is 416 g/mol. The number of amides is 2. The van der Waals surface area contributed by atoms with Gasteiger partial charge in [0, 0.05) is 11.3 Å². The molecule has 2 amide bonds. The summed E-state index contributed by atoms with van der Waals surface area (Å²) in [7, 11) is 0. The number of anilines is 1. The second kappa shape index (κ2) is 11.6. The summed E-state index contributed by atoms with van der Waals surface area (Å²) in [5.74, 6) is -1.21. The van der Waals surface area contributed by atoms with Crippen molar-refractivity contribution < 1.29 is 19.1 Å². The summed E-state index contributed by atoms with van der Waals surface area (Å²) in [6, 6.07) is 24.5. The molecule has 3 aromatic rings. The van der Waals surface area contributed by atoms with Gasteiger partial charge in [-0.25, -0.2) is 0 Å². The summed E-state index contributed by atoms with van der Waals surface area (Å²) in [5.41, 5.74) is 4.22. The lowest BCUT2D eigenvalue weighted by Crippen LogP contribution is -2.32. The number of hydrogen-bond acceptors (Lipinski definition) is 4. The molecule has 6 heteroatoms. The fourth-order valence-corrected chi connectivity index (χ4v) is 3.34. The maximum absolute atomic E-state index is 12.3. The average Bonchev–Trinajstić information content (AvgIpc) is 2.86. The van der Waals surface area contributed by atoms with E-state index in [0.717, 1.165) is 23.1 Å². The maximum Gasteiger partial charge on any atom is 0.325 e. The van der Waals surface area contributed by atoms with Gasteiger partial charge in [-0.2, -0.15) is 0 Å². The lowest BCUT2D eigenvalue weighted by molar-refractivity contribution is -0.146. The molecule has 0 fully saturated rings. The molecule has 0 saturated carbocycles. The van der Waals surface area contributed by atoms with Crippen molar-refractivity contribution in [3.8, 4) is 11.1 Å². The number of benzene rings is 3. The van der Waals surface area contributed by atoms with Crippen molar-refractivity contribution in [2.75, 3.05) is 18.5 Å². The highest BCUT2D eigenvalue weighted by atomic mass is 16.5. The van der Waals surface area contributed by atoms with E-state index in [0.29, 0.717) is 17.2 Å². The zero-order chi connectivity index (χ0) is 23.6. The van der Waals surface area contributed by atoms with Crippen LogP contribution in [0.4, 0.5) is 5.69 Å². The van der Waals surface area contributed by atoms with E-state index in [-0.39, 0.29) is 6.54 Å². The van der Waals surface area contributed by atoms with Gasteiger partial charge < -0.3 is 15.4 Å². The highest BCUT2D eigenvalue weighted by Crippen LogP contribution is 2.26. The van der Waals surface area contributed by atoms with E-state index < -0.39 is 24.4 Å². The van der Waals surface area contributed by atoms with Crippen LogP contribution in [0.5, 0.6) is 0 Å². The molecule has 0 radical (unpaired) electrons. The van der Waals surface area contributed by atoms with Gasteiger partial charge in [0.25, 0.3) is 11.8 Å². The van der Waals surface area contributed by atoms with Crippen LogP contribution in [0.3, 0.4) is 0 Å². The zero-order valence-corrected chi connectivity index (χ0v) is 18.8. The normalized spacial score (nSPS) is 11.3. The van der Waals surface area contributed by atoms with E-state index in [9.17, 15) is 14.4 Å². The number of rotatable bonds is 9. The van der Waals surface area contributed by atoms with Crippen molar-refractivity contribution in [1.82, 2.24) is 5.32 Å². The van der Waals surface area contributed by atoms with Crippen LogP contribution in [0.25, 0.3) is 11.1 Å². The number of nitrogens with one attached hydrogen (secondary N) is 2. The number of hydrogen-bond donors (Lipinski definition) is 2. The average molecular weight is 445 g/mol. The molecule has 3 rings (SSSR count). The Bertz CT molecular complexity index is 1090. The van der Waals surface area contributed by atoms with Gasteiger partial charge in [0.2, 0.25) is 0 Å². The van der Waals surface area contributed by atoms with Gasteiger partial charge in [-0.05, 0) is 47.2 Å². The monoisotopic (exact) mass is 444 g/mol. The fourth-order valence-electron chi connectivity index (χ4n) is 3.34. The third kappa shape index (κ3) is 6.77. The SMILES string of the molecule is CC[C@H](C)c1ccccc1NC(=O)COC(=O)CNC(=O)c1ccc(-c2ccccc2)cc1. The van der Waals surface area contributed by atoms with Crippen molar-refractivity contribution in [3.05, 3.63) is 90.0 Å². The van der Waals surface area contributed by atoms with Gasteiger partial charge in [0.05, 0.1) is 0 Å². The minimum absolute atomic E-state index is 0.293. The molecule has 170 valence electrons. The molecule has 0 heterocycles. The van der Waals surface area contributed by atoms with Crippen molar-refractivity contribution in [2.24, 2.45) is 0 Å². The summed E-state index contributed by atoms with van der Waals surface area (Å²) in [5, 5.41) is 5.30. The molecule has 0 unspecified atom stereocenters. The van der Waals surface area contributed by atoms with Gasteiger partial charge in [-0.1, -0.05) is 74.5 Å². The second-order valence-electron chi connectivity index (χ2n) is 7.73. The minimum atomic E-state index is -0.686. The van der Waals surface area contributed by atoms with Gasteiger partial charge in [0.15, 0.2) is 6.61 Å². The zero-order valence-electron chi connectivity index (χ0n) is 18.8. The summed E-state index contributed by atoms with van der Waals surface area (Å²) in [6.07, 6.45) is 0.941. The van der Waals surface area contributed by atoms with E-state index in [1.165, 1.54) is 0 Å². The van der Waals surface area contributed by atoms with Gasteiger partial charge >= 0.3 is 5.97 Å². The predicted octanol–water partition coefficient (Wildman–Crippen LogP) is 4.78. The molecule has 0 bridgehead atoms. The van der Waals surface area contributed by atoms with Crippen LogP contribution in [0.15, 0.2) is 78.9 Å². The summed E-state index contributed by atoms with van der Waals surface area (Å²) >= 11 is 0. The van der Waals surface area contributed by atoms with Gasteiger partial charge in [-0.3, -0.25) is 14.4 Å². The van der Waals surface area contributed by atoms with Crippen LogP contribution in [-0.2, 0) is 14.3 Å². The summed E-state index contributed by atoms with van der Waals surface area (Å²) in [4.78, 5) is 36.5. The molecule has 2 N–H and O–H groups in total. The largest absolute Gasteiger partial charge is 0.454 e. The molecule has 3 aromatic carbocycles. The van der Waals surface area contributed by atoms with Crippen molar-refractivity contribution in [3.63, 3.8) is 0 Å². The first-order valence-electron chi connectivity index (χ1n) is 11.0. The quantitative estimate of drug-likeness (QED) is 0.465. The van der Waals surface area contributed by atoms with E-state index >= 15 is 0 Å². The highest BCUT2D eigenvalue weighted by Gasteiger charge is 2.14. The second-order valence-corrected chi connectivity index (χ2v) is 7.73. The smallest absolute Gasteiger partial charge is 0.325 e. The van der Waals surface area contributed by atoms with Crippen molar-refractivity contribution in [2.45, 2.75) is 26.2 Å². The van der Waals surface area contributed by atoms with Crippen LogP contribution in [0.1, 0.15) is 42.1 Å². The summed E-state index contributed by atoms with van der Waals surface area (Å²) in [6.45, 7) is 3.42. The fraction of sp³-hybridized carbons (Fsp3) is 0.222. The Hall–Kier alpha value is -3.93. The molecule has 0 aliphatic rings. The van der Waals surface area contributed by atoms with Gasteiger partial charge in [0.1, 0.15) is 6.54 Å². The molecule has 0 aliphatic heterocycles. The van der Waals surface area contributed by atoms with E-state index in [4.69, 9.17) is 4.74 Å². The van der Waals surface area contributed by atoms with Crippen LogP contribution >= 0.6 is 0 Å². The standard InChI is InChI=1S/C27H28N2O4/c1-3-19(2)23-11-7-8-12-24(23)29-25(30)18-33-26(31)17-28-27(32)22-15-13-21(14-16-22)20-9-5-4-6-10-20/h4-16,19H,3,17-18H2,1-2H3,(H,28,32)(H,29,30)/t19-/m0/s1. The molecule has 33 heavy (non-hydrogen) atoms. The summed E-state index contributed by atoms with van der Waals surface area (Å²) < 4.78 is 5.00. The highest BCUT2D eigenvalue weighted by molar-refractivity contribution is 5.97. The van der Waals surface area contributed by atoms with Gasteiger partial charge in [-0.15, -0.1) is 0 Å². The minimum Gasteiger partial charge on any atom is -0.454 e. The maximum atomic E-state index is 12.3. The number of carbonyl (C=O) groups is 3. The Morgan fingerprint density at radius 3 is 2.18 bits per heavy atom. The van der Waals surface area contributed by atoms with E-state index in [1.54, 1.807) is 12.1 Å². The molecule has 0 aromatic heterocycles. The topological polar surface area (TPSA) is 84.5 Å². The predicted molar refractivity (Wildman–Crippen MR) is 129 cm³/mol. The van der Waals surface area contributed by atoms with Crippen molar-refractivity contribution >= 4 is 23.5 Å². The Balaban J connectivity index is 1.45. The van der Waals surface area contributed by atoms with Crippen LogP contribution in [0.2, 0.25) is 0 Å². The first-order valence-corrected chi connectivity index (χ1v) is 11.0. The Kier molecular flexibility index (Phi) is 8.36. The lowest BCUT2D eigenvalue weighted by atomic mass is 9.97. The number of carbonyl (C=O) groups excluding carboxylic acids is 3. The molecule has 6 nitrogen and oxygen atoms in total. The molecule has 0 spiro atoms. The number of ether oxygens (including phenoxy) is 1. The van der Waals surface area contributed by atoms with E-state index in [1.807, 2.05) is 66.7 Å². The van der Waals surface area contributed by atoms with E-state index in [2.05, 4.69) is 24.5 Å². The van der Waals surface area contributed by atoms with Crippen LogP contribution < -0.4 is 10.6 Å². The number of esters is 1.